The van der Waals surface area contributed by atoms with Crippen LogP contribution in [0.15, 0.2) is 66.2 Å². The number of aromatic nitrogens is 3. The number of guanidine groups is 1. The highest BCUT2D eigenvalue weighted by atomic mass is 127. The topological polar surface area (TPSA) is 70.8 Å². The van der Waals surface area contributed by atoms with Crippen LogP contribution in [-0.2, 0) is 13.1 Å². The number of methoxy groups -OCH3 is 1. The van der Waals surface area contributed by atoms with Crippen LogP contribution in [0.25, 0.3) is 0 Å². The van der Waals surface area contributed by atoms with Crippen molar-refractivity contribution in [3.63, 3.8) is 0 Å². The number of rotatable bonds is 6. The maximum Gasteiger partial charge on any atom is 0.194 e. The van der Waals surface area contributed by atoms with Gasteiger partial charge in [0.1, 0.15) is 18.4 Å². The molecule has 1 aliphatic rings. The molecule has 32 heavy (non-hydrogen) atoms. The molecule has 1 N–H and O–H groups in total. The summed E-state index contributed by atoms with van der Waals surface area (Å²) in [6, 6.07) is 16.8. The van der Waals surface area contributed by atoms with Crippen LogP contribution in [0.1, 0.15) is 11.1 Å². The monoisotopic (exact) mass is 547 g/mol. The van der Waals surface area contributed by atoms with Gasteiger partial charge in [-0.15, -0.1) is 24.0 Å². The van der Waals surface area contributed by atoms with Crippen LogP contribution in [0.4, 0.5) is 5.69 Å². The number of benzene rings is 2. The average molecular weight is 547 g/mol. The second-order valence-corrected chi connectivity index (χ2v) is 7.49. The predicted octanol–water partition coefficient (Wildman–Crippen LogP) is 2.85. The lowest BCUT2D eigenvalue weighted by molar-refractivity contribution is 0.372. The van der Waals surface area contributed by atoms with Crippen molar-refractivity contribution in [1.82, 2.24) is 25.0 Å². The Hall–Kier alpha value is -2.82. The molecule has 1 fully saturated rings. The molecule has 0 radical (unpaired) electrons. The Kier molecular flexibility index (Phi) is 8.72. The van der Waals surface area contributed by atoms with Crippen molar-refractivity contribution in [3.8, 4) is 5.75 Å². The Morgan fingerprint density at radius 2 is 1.81 bits per heavy atom. The second kappa shape index (κ2) is 11.7. The van der Waals surface area contributed by atoms with Gasteiger partial charge in [-0.3, -0.25) is 4.99 Å². The minimum atomic E-state index is 0. The van der Waals surface area contributed by atoms with Crippen molar-refractivity contribution >= 4 is 35.6 Å². The lowest BCUT2D eigenvalue weighted by Gasteiger charge is -2.37. The van der Waals surface area contributed by atoms with Crippen molar-refractivity contribution in [3.05, 3.63) is 72.3 Å². The van der Waals surface area contributed by atoms with Gasteiger partial charge in [0.25, 0.3) is 0 Å². The number of nitrogens with one attached hydrogen (secondary N) is 1. The molecule has 0 amide bonds. The molecule has 1 saturated heterocycles. The van der Waals surface area contributed by atoms with E-state index in [1.165, 1.54) is 16.8 Å². The minimum absolute atomic E-state index is 0. The van der Waals surface area contributed by atoms with Gasteiger partial charge in [-0.1, -0.05) is 24.3 Å². The van der Waals surface area contributed by atoms with Gasteiger partial charge < -0.3 is 19.9 Å². The number of piperazine rings is 1. The number of halogens is 1. The van der Waals surface area contributed by atoms with Crippen LogP contribution >= 0.6 is 24.0 Å². The van der Waals surface area contributed by atoms with E-state index in [0.717, 1.165) is 51.0 Å². The van der Waals surface area contributed by atoms with E-state index in [-0.39, 0.29) is 24.0 Å². The summed E-state index contributed by atoms with van der Waals surface area (Å²) >= 11 is 0. The molecule has 3 aromatic rings. The van der Waals surface area contributed by atoms with E-state index in [2.05, 4.69) is 66.6 Å². The van der Waals surface area contributed by atoms with Crippen molar-refractivity contribution in [2.75, 3.05) is 45.2 Å². The van der Waals surface area contributed by atoms with Gasteiger partial charge in [-0.2, -0.15) is 5.10 Å². The van der Waals surface area contributed by atoms with Gasteiger partial charge in [0.15, 0.2) is 5.96 Å². The molecule has 8 nitrogen and oxygen atoms in total. The summed E-state index contributed by atoms with van der Waals surface area (Å²) in [5.74, 6) is 1.83. The number of hydrogen-bond acceptors (Lipinski definition) is 5. The number of hydrogen-bond donors (Lipinski definition) is 1. The summed E-state index contributed by atoms with van der Waals surface area (Å²) < 4.78 is 7.09. The fraction of sp³-hybridized carbons (Fsp3) is 0.348. The summed E-state index contributed by atoms with van der Waals surface area (Å²) in [5, 5.41) is 7.70. The molecule has 2 heterocycles. The zero-order valence-corrected chi connectivity index (χ0v) is 20.8. The third kappa shape index (κ3) is 6.12. The number of aliphatic imine (C=N–C) groups is 1. The summed E-state index contributed by atoms with van der Waals surface area (Å²) in [5.41, 5.74) is 3.65. The second-order valence-electron chi connectivity index (χ2n) is 7.49. The van der Waals surface area contributed by atoms with Crippen LogP contribution in [0.5, 0.6) is 5.75 Å². The molecular formula is C23H30IN7O. The zero-order valence-electron chi connectivity index (χ0n) is 18.5. The lowest BCUT2D eigenvalue weighted by atomic mass is 10.1. The highest BCUT2D eigenvalue weighted by Gasteiger charge is 2.19. The van der Waals surface area contributed by atoms with E-state index >= 15 is 0 Å². The van der Waals surface area contributed by atoms with Gasteiger partial charge in [-0.05, 0) is 35.4 Å². The Labute approximate surface area is 206 Å². The maximum atomic E-state index is 5.26. The van der Waals surface area contributed by atoms with E-state index in [0.29, 0.717) is 0 Å². The third-order valence-corrected chi connectivity index (χ3v) is 5.48. The maximum absolute atomic E-state index is 5.26. The quantitative estimate of drug-likeness (QED) is 0.291. The summed E-state index contributed by atoms with van der Waals surface area (Å²) in [6.07, 6.45) is 3.29. The van der Waals surface area contributed by atoms with Crippen LogP contribution in [0.3, 0.4) is 0 Å². The van der Waals surface area contributed by atoms with Crippen LogP contribution in [-0.4, -0.2) is 66.0 Å². The molecule has 0 spiro atoms. The van der Waals surface area contributed by atoms with Crippen molar-refractivity contribution in [2.45, 2.75) is 13.1 Å². The Balaban J connectivity index is 0.00000289. The fourth-order valence-corrected chi connectivity index (χ4v) is 3.82. The Morgan fingerprint density at radius 3 is 2.47 bits per heavy atom. The smallest absolute Gasteiger partial charge is 0.194 e. The highest BCUT2D eigenvalue weighted by molar-refractivity contribution is 14.0. The number of ether oxygens (including phenoxy) is 1. The van der Waals surface area contributed by atoms with Crippen LogP contribution < -0.4 is 15.0 Å². The molecule has 9 heteroatoms. The molecule has 1 aromatic heterocycles. The number of anilines is 1. The zero-order chi connectivity index (χ0) is 21.5. The van der Waals surface area contributed by atoms with Crippen molar-refractivity contribution < 1.29 is 4.74 Å². The molecule has 170 valence electrons. The molecule has 4 rings (SSSR count). The predicted molar refractivity (Wildman–Crippen MR) is 138 cm³/mol. The Bertz CT molecular complexity index is 984. The standard InChI is InChI=1S/C23H29N7O.HI/c1-24-23(26-15-19-4-3-5-20(14-19)16-30-18-25-17-27-30)29-12-10-28(11-13-29)21-6-8-22(31-2)9-7-21;/h3-9,14,17-18H,10-13,15-16H2,1-2H3,(H,24,26);1H. The minimum Gasteiger partial charge on any atom is -0.497 e. The first-order chi connectivity index (χ1) is 15.2. The van der Waals surface area contributed by atoms with Gasteiger partial charge in [0, 0.05) is 45.5 Å². The van der Waals surface area contributed by atoms with Crippen molar-refractivity contribution in [1.29, 1.82) is 0 Å². The van der Waals surface area contributed by atoms with Crippen LogP contribution in [0.2, 0.25) is 0 Å². The van der Waals surface area contributed by atoms with Gasteiger partial charge >= 0.3 is 0 Å². The largest absolute Gasteiger partial charge is 0.497 e. The number of nitrogens with zero attached hydrogens (tertiary/aromatic N) is 6. The third-order valence-electron chi connectivity index (χ3n) is 5.48. The first-order valence-electron chi connectivity index (χ1n) is 10.5. The van der Waals surface area contributed by atoms with Gasteiger partial charge in [0.05, 0.1) is 13.7 Å². The first-order valence-corrected chi connectivity index (χ1v) is 10.5. The van der Waals surface area contributed by atoms with E-state index in [1.54, 1.807) is 19.8 Å². The summed E-state index contributed by atoms with van der Waals surface area (Å²) in [6.45, 7) is 5.23. The fourth-order valence-electron chi connectivity index (χ4n) is 3.82. The van der Waals surface area contributed by atoms with Crippen molar-refractivity contribution in [2.24, 2.45) is 4.99 Å². The molecule has 0 atom stereocenters. The first kappa shape index (κ1) is 23.8. The molecule has 0 aliphatic carbocycles. The highest BCUT2D eigenvalue weighted by Crippen LogP contribution is 2.20. The van der Waals surface area contributed by atoms with E-state index in [9.17, 15) is 0 Å². The lowest BCUT2D eigenvalue weighted by Crippen LogP contribution is -2.52. The average Bonchev–Trinajstić information content (AvgIpc) is 3.33. The molecule has 0 unspecified atom stereocenters. The normalized spacial score (nSPS) is 14.1. The van der Waals surface area contributed by atoms with E-state index in [1.807, 2.05) is 23.9 Å². The van der Waals surface area contributed by atoms with E-state index < -0.39 is 0 Å². The summed E-state index contributed by atoms with van der Waals surface area (Å²) in [4.78, 5) is 13.2. The summed E-state index contributed by atoms with van der Waals surface area (Å²) in [7, 11) is 3.54. The Morgan fingerprint density at radius 1 is 1.06 bits per heavy atom. The van der Waals surface area contributed by atoms with Gasteiger partial charge in [0.2, 0.25) is 0 Å². The molecular weight excluding hydrogens is 517 g/mol. The molecule has 2 aromatic carbocycles. The molecule has 1 aliphatic heterocycles. The van der Waals surface area contributed by atoms with E-state index in [4.69, 9.17) is 4.74 Å². The SMILES string of the molecule is CN=C(NCc1cccc(Cn2cncn2)c1)N1CCN(c2ccc(OC)cc2)CC1.I. The molecule has 0 saturated carbocycles. The molecule has 0 bridgehead atoms. The van der Waals surface area contributed by atoms with Gasteiger partial charge in [-0.25, -0.2) is 9.67 Å². The van der Waals surface area contributed by atoms with Crippen LogP contribution in [0, 0.1) is 0 Å².